The molecule has 0 bridgehead atoms. The maximum absolute atomic E-state index is 14.8. The molecule has 4 rings (SSSR count). The van der Waals surface area contributed by atoms with E-state index < -0.39 is 23.9 Å². The van der Waals surface area contributed by atoms with Crippen molar-refractivity contribution in [2.45, 2.75) is 50.4 Å². The lowest BCUT2D eigenvalue weighted by Gasteiger charge is -2.39. The molecule has 216 valence electrons. The van der Waals surface area contributed by atoms with Crippen molar-refractivity contribution in [2.24, 2.45) is 5.92 Å². The van der Waals surface area contributed by atoms with Crippen molar-refractivity contribution in [3.63, 3.8) is 0 Å². The number of piperazine rings is 1. The Kier molecular flexibility index (Phi) is 12.4. The summed E-state index contributed by atoms with van der Waals surface area (Å²) in [6, 6.07) is 5.02. The van der Waals surface area contributed by atoms with E-state index in [1.165, 1.54) is 24.8 Å². The van der Waals surface area contributed by atoms with E-state index in [9.17, 15) is 28.7 Å². The molecule has 1 saturated carbocycles. The van der Waals surface area contributed by atoms with E-state index in [4.69, 9.17) is 0 Å². The first kappa shape index (κ1) is 33.2. The van der Waals surface area contributed by atoms with Crippen LogP contribution < -0.4 is 0 Å². The molecule has 1 amide bonds. The highest BCUT2D eigenvalue weighted by molar-refractivity contribution is 8.14. The number of hydrogen-bond acceptors (Lipinski definition) is 7. The average molecular weight is 605 g/mol. The lowest BCUT2D eigenvalue weighted by Crippen LogP contribution is -2.54. The van der Waals surface area contributed by atoms with Crippen molar-refractivity contribution in [1.82, 2.24) is 14.7 Å². The van der Waals surface area contributed by atoms with Gasteiger partial charge in [0.15, 0.2) is 10.9 Å². The number of hydrogen-bond donors (Lipinski definition) is 1. The third-order valence-corrected chi connectivity index (χ3v) is 8.58. The smallest absolute Gasteiger partial charge is 0.320 e. The quantitative estimate of drug-likeness (QED) is 0.428. The minimum absolute atomic E-state index is 0. The minimum atomic E-state index is -0.958. The fourth-order valence-corrected chi connectivity index (χ4v) is 6.03. The number of carbonyl (C=O) groups is 4. The molecule has 0 aromatic heterocycles. The number of carboxylic acid groups (broad SMARTS) is 1. The standard InChI is InChI=1S/C27H34FN3O5S.2ClH/c1-17(27(35)36)30-14-13-29(24(33)16-30)11-9-20-15-31(12-10-23(20)37-18(2)32)25(26(34)19-7-8-19)21-5-3-4-6-22(21)28;;/h3-6,9,17,19,23,25H,7-8,10-16H2,1-2H3,(H,35,36);2*1H. The second-order valence-electron chi connectivity index (χ2n) is 10.1. The molecule has 2 heterocycles. The topological polar surface area (TPSA) is 98.2 Å². The minimum Gasteiger partial charge on any atom is -0.480 e. The van der Waals surface area contributed by atoms with Crippen LogP contribution in [0, 0.1) is 11.7 Å². The Morgan fingerprint density at radius 2 is 1.77 bits per heavy atom. The Hall–Kier alpha value is -1.98. The van der Waals surface area contributed by atoms with E-state index in [-0.39, 0.29) is 59.3 Å². The Bertz CT molecular complexity index is 1100. The number of piperidine rings is 1. The van der Waals surface area contributed by atoms with Gasteiger partial charge in [-0.3, -0.25) is 29.0 Å². The summed E-state index contributed by atoms with van der Waals surface area (Å²) in [6.07, 6.45) is 4.26. The highest BCUT2D eigenvalue weighted by Gasteiger charge is 2.41. The fourth-order valence-electron chi connectivity index (χ4n) is 5.09. The predicted molar refractivity (Wildman–Crippen MR) is 153 cm³/mol. The summed E-state index contributed by atoms with van der Waals surface area (Å²) in [5, 5.41) is 9.17. The van der Waals surface area contributed by atoms with E-state index in [2.05, 4.69) is 0 Å². The van der Waals surface area contributed by atoms with E-state index in [0.29, 0.717) is 44.7 Å². The van der Waals surface area contributed by atoms with Crippen molar-refractivity contribution < 1.29 is 28.7 Å². The Morgan fingerprint density at radius 1 is 1.08 bits per heavy atom. The molecular weight excluding hydrogens is 568 g/mol. The monoisotopic (exact) mass is 603 g/mol. The summed E-state index contributed by atoms with van der Waals surface area (Å²) < 4.78 is 14.8. The normalized spacial score (nSPS) is 22.9. The molecule has 1 aromatic rings. The van der Waals surface area contributed by atoms with E-state index in [0.717, 1.165) is 18.4 Å². The van der Waals surface area contributed by atoms with Crippen LogP contribution in [0.1, 0.15) is 44.7 Å². The zero-order chi connectivity index (χ0) is 26.7. The predicted octanol–water partition coefficient (Wildman–Crippen LogP) is 3.59. The lowest BCUT2D eigenvalue weighted by molar-refractivity contribution is -0.146. The lowest BCUT2D eigenvalue weighted by atomic mass is 9.93. The number of thioether (sulfide) groups is 1. The third-order valence-electron chi connectivity index (χ3n) is 7.43. The third kappa shape index (κ3) is 8.27. The van der Waals surface area contributed by atoms with Gasteiger partial charge in [0.25, 0.3) is 0 Å². The number of carbonyl (C=O) groups excluding carboxylic acids is 3. The first-order valence-electron chi connectivity index (χ1n) is 12.8. The zero-order valence-corrected chi connectivity index (χ0v) is 24.5. The van der Waals surface area contributed by atoms with Crippen molar-refractivity contribution in [3.8, 4) is 0 Å². The van der Waals surface area contributed by atoms with Crippen molar-refractivity contribution in [1.29, 1.82) is 0 Å². The number of likely N-dealkylation sites (tertiary alicyclic amines) is 1. The van der Waals surface area contributed by atoms with E-state index in [1.807, 2.05) is 11.0 Å². The van der Waals surface area contributed by atoms with Gasteiger partial charge in [-0.25, -0.2) is 4.39 Å². The molecule has 39 heavy (non-hydrogen) atoms. The first-order valence-corrected chi connectivity index (χ1v) is 13.7. The zero-order valence-electron chi connectivity index (χ0n) is 22.1. The molecule has 3 fully saturated rings. The number of Topliss-reactive ketones (excluding diaryl/α,β-unsaturated/α-hetero) is 1. The molecule has 1 aromatic carbocycles. The van der Waals surface area contributed by atoms with Crippen LogP contribution in [-0.4, -0.2) is 93.1 Å². The molecule has 0 radical (unpaired) electrons. The van der Waals surface area contributed by atoms with Gasteiger partial charge in [0.1, 0.15) is 11.9 Å². The maximum Gasteiger partial charge on any atom is 0.320 e. The summed E-state index contributed by atoms with van der Waals surface area (Å²) >= 11 is 1.25. The van der Waals surface area contributed by atoms with Gasteiger partial charge < -0.3 is 10.0 Å². The van der Waals surface area contributed by atoms with Crippen molar-refractivity contribution in [3.05, 3.63) is 47.3 Å². The van der Waals surface area contributed by atoms with Crippen LogP contribution in [0.4, 0.5) is 4.39 Å². The second kappa shape index (κ2) is 14.6. The van der Waals surface area contributed by atoms with Gasteiger partial charge in [-0.2, -0.15) is 0 Å². The number of benzene rings is 1. The van der Waals surface area contributed by atoms with Crippen LogP contribution in [0.15, 0.2) is 35.9 Å². The summed E-state index contributed by atoms with van der Waals surface area (Å²) in [7, 11) is 0. The molecule has 0 spiro atoms. The average Bonchev–Trinajstić information content (AvgIpc) is 3.70. The number of nitrogens with zero attached hydrogens (tertiary/aromatic N) is 3. The van der Waals surface area contributed by atoms with Gasteiger partial charge in [-0.1, -0.05) is 36.0 Å². The molecule has 3 atom stereocenters. The van der Waals surface area contributed by atoms with Crippen LogP contribution in [-0.2, 0) is 19.2 Å². The fraction of sp³-hybridized carbons (Fsp3) is 0.556. The number of amides is 1. The second-order valence-corrected chi connectivity index (χ2v) is 11.4. The molecule has 1 aliphatic carbocycles. The Morgan fingerprint density at radius 3 is 2.36 bits per heavy atom. The maximum atomic E-state index is 14.8. The molecule has 2 saturated heterocycles. The number of aliphatic carboxylic acids is 1. The van der Waals surface area contributed by atoms with Crippen LogP contribution in [0.3, 0.4) is 0 Å². The van der Waals surface area contributed by atoms with Crippen molar-refractivity contribution in [2.75, 3.05) is 39.3 Å². The molecule has 12 heteroatoms. The van der Waals surface area contributed by atoms with Crippen LogP contribution >= 0.6 is 36.6 Å². The van der Waals surface area contributed by atoms with Crippen molar-refractivity contribution >= 4 is 59.4 Å². The first-order chi connectivity index (χ1) is 17.7. The van der Waals surface area contributed by atoms with Crippen LogP contribution in [0.2, 0.25) is 0 Å². The molecule has 1 N–H and O–H groups in total. The molecule has 3 unspecified atom stereocenters. The summed E-state index contributed by atoms with van der Waals surface area (Å²) in [6.45, 7) is 5.32. The Labute approximate surface area is 245 Å². The van der Waals surface area contributed by atoms with Gasteiger partial charge in [-0.05, 0) is 37.8 Å². The van der Waals surface area contributed by atoms with Gasteiger partial charge >= 0.3 is 5.97 Å². The number of rotatable bonds is 9. The number of halogens is 3. The number of ketones is 1. The van der Waals surface area contributed by atoms with E-state index >= 15 is 0 Å². The van der Waals surface area contributed by atoms with Crippen LogP contribution in [0.5, 0.6) is 0 Å². The highest BCUT2D eigenvalue weighted by atomic mass is 35.5. The summed E-state index contributed by atoms with van der Waals surface area (Å²) in [5.74, 6) is -1.50. The molecule has 3 aliphatic rings. The number of carboxylic acids is 1. The van der Waals surface area contributed by atoms with Gasteiger partial charge in [0.2, 0.25) is 5.91 Å². The SMILES string of the molecule is CC(=O)SC1CCN(C(C(=O)C2CC2)c2ccccc2F)CC1=CCN1CCN(C(C)C(=O)O)CC1=O.Cl.Cl. The highest BCUT2D eigenvalue weighted by Crippen LogP contribution is 2.40. The van der Waals surface area contributed by atoms with Gasteiger partial charge in [0.05, 0.1) is 12.6 Å². The van der Waals surface area contributed by atoms with E-state index in [1.54, 1.807) is 34.9 Å². The molecule has 2 aliphatic heterocycles. The summed E-state index contributed by atoms with van der Waals surface area (Å²) in [4.78, 5) is 54.6. The van der Waals surface area contributed by atoms with Crippen LogP contribution in [0.25, 0.3) is 0 Å². The molecule has 8 nitrogen and oxygen atoms in total. The summed E-state index contributed by atoms with van der Waals surface area (Å²) in [5.41, 5.74) is 1.33. The Balaban J connectivity index is 0.00000267. The largest absolute Gasteiger partial charge is 0.480 e. The van der Waals surface area contributed by atoms with Gasteiger partial charge in [0, 0.05) is 56.4 Å². The van der Waals surface area contributed by atoms with Gasteiger partial charge in [-0.15, -0.1) is 24.8 Å². The molecular formula is C27H36Cl2FN3O5S.